The van der Waals surface area contributed by atoms with Crippen molar-refractivity contribution in [3.05, 3.63) is 65.7 Å². The number of nitrogens with one attached hydrogen (secondary N) is 3. The van der Waals surface area contributed by atoms with Crippen molar-refractivity contribution in [1.82, 2.24) is 16.0 Å². The molecule has 10 heteroatoms. The molecule has 4 unspecified atom stereocenters. The van der Waals surface area contributed by atoms with Gasteiger partial charge in [0.1, 0.15) is 23.9 Å². The topological polar surface area (TPSA) is 171 Å². The number of carboxylic acid groups (broad SMARTS) is 1. The Bertz CT molecular complexity index is 1090. The van der Waals surface area contributed by atoms with Gasteiger partial charge in [0.25, 0.3) is 0 Å². The first-order valence-electron chi connectivity index (χ1n) is 12.6. The molecule has 0 aliphatic heterocycles. The molecule has 0 aromatic heterocycles. The number of aromatic hydroxyl groups is 1. The van der Waals surface area contributed by atoms with E-state index in [1.165, 1.54) is 12.1 Å². The number of hydrogen-bond donors (Lipinski definition) is 6. The summed E-state index contributed by atoms with van der Waals surface area (Å²) in [6, 6.07) is 11.2. The zero-order chi connectivity index (χ0) is 28.4. The molecule has 0 heterocycles. The van der Waals surface area contributed by atoms with Gasteiger partial charge in [0.15, 0.2) is 0 Å². The van der Waals surface area contributed by atoms with Crippen molar-refractivity contribution in [2.75, 3.05) is 0 Å². The highest BCUT2D eigenvalue weighted by molar-refractivity contribution is 5.94. The van der Waals surface area contributed by atoms with Gasteiger partial charge in [0, 0.05) is 6.42 Å². The summed E-state index contributed by atoms with van der Waals surface area (Å²) in [5.74, 6) is -3.66. The molecule has 2 aromatic rings. The first-order chi connectivity index (χ1) is 17.9. The van der Waals surface area contributed by atoms with Crippen LogP contribution in [0.2, 0.25) is 0 Å². The molecular weight excluding hydrogens is 488 g/mol. The Morgan fingerprint density at radius 1 is 0.711 bits per heavy atom. The largest absolute Gasteiger partial charge is 0.508 e. The molecule has 7 N–H and O–H groups in total. The van der Waals surface area contributed by atoms with Crippen molar-refractivity contribution in [1.29, 1.82) is 0 Å². The maximum absolute atomic E-state index is 13.3. The predicted octanol–water partition coefficient (Wildman–Crippen LogP) is 1.36. The van der Waals surface area contributed by atoms with E-state index in [2.05, 4.69) is 16.0 Å². The van der Waals surface area contributed by atoms with Crippen LogP contribution >= 0.6 is 0 Å². The number of phenolic OH excluding ortho intramolecular Hbond substituents is 1. The summed E-state index contributed by atoms with van der Waals surface area (Å²) in [5, 5.41) is 27.0. The van der Waals surface area contributed by atoms with Crippen LogP contribution in [0.25, 0.3) is 0 Å². The summed E-state index contributed by atoms with van der Waals surface area (Å²) in [6.07, 6.45) is 0.325. The van der Waals surface area contributed by atoms with E-state index in [0.29, 0.717) is 5.56 Å². The van der Waals surface area contributed by atoms with E-state index in [9.17, 15) is 29.4 Å². The van der Waals surface area contributed by atoms with Gasteiger partial charge in [-0.3, -0.25) is 14.4 Å². The van der Waals surface area contributed by atoms with Crippen LogP contribution in [0.1, 0.15) is 38.8 Å². The van der Waals surface area contributed by atoms with E-state index in [-0.39, 0.29) is 24.5 Å². The van der Waals surface area contributed by atoms with Gasteiger partial charge < -0.3 is 31.9 Å². The number of carbonyl (C=O) groups is 4. The average molecular weight is 527 g/mol. The molecule has 0 saturated carbocycles. The zero-order valence-corrected chi connectivity index (χ0v) is 22.2. The van der Waals surface area contributed by atoms with Gasteiger partial charge >= 0.3 is 5.97 Å². The standard InChI is InChI=1S/C28H38N4O6/c1-16(2)23(31-25(34)21(29)14-18-8-6-5-7-9-18)27(36)30-22(15-19-10-12-20(33)13-11-19)26(35)32-24(17(3)4)28(37)38/h5-13,16-17,21-24,33H,14-15,29H2,1-4H3,(H,30,36)(H,31,34)(H,32,35)(H,37,38). The van der Waals surface area contributed by atoms with Gasteiger partial charge in [0.2, 0.25) is 17.7 Å². The normalized spacial score (nSPS) is 14.3. The lowest BCUT2D eigenvalue weighted by molar-refractivity contribution is -0.143. The van der Waals surface area contributed by atoms with Crippen molar-refractivity contribution >= 4 is 23.7 Å². The Morgan fingerprint density at radius 3 is 1.76 bits per heavy atom. The molecule has 206 valence electrons. The Balaban J connectivity index is 2.20. The second kappa shape index (κ2) is 14.1. The lowest BCUT2D eigenvalue weighted by atomic mass is 9.99. The van der Waals surface area contributed by atoms with E-state index < -0.39 is 53.8 Å². The van der Waals surface area contributed by atoms with Gasteiger partial charge in [-0.1, -0.05) is 70.2 Å². The molecule has 0 fully saturated rings. The fraction of sp³-hybridized carbons (Fsp3) is 0.429. The summed E-state index contributed by atoms with van der Waals surface area (Å²) >= 11 is 0. The van der Waals surface area contributed by atoms with E-state index in [4.69, 9.17) is 5.73 Å². The van der Waals surface area contributed by atoms with E-state index in [1.807, 2.05) is 30.3 Å². The van der Waals surface area contributed by atoms with Gasteiger partial charge in [-0.05, 0) is 41.5 Å². The zero-order valence-electron chi connectivity index (χ0n) is 22.2. The quantitative estimate of drug-likeness (QED) is 0.229. The number of phenols is 1. The van der Waals surface area contributed by atoms with Crippen LogP contribution in [-0.4, -0.2) is 58.1 Å². The van der Waals surface area contributed by atoms with Crippen molar-refractivity contribution < 1.29 is 29.4 Å². The second-order valence-corrected chi connectivity index (χ2v) is 10.0. The van der Waals surface area contributed by atoms with Crippen molar-refractivity contribution in [3.8, 4) is 5.75 Å². The Hall–Kier alpha value is -3.92. The summed E-state index contributed by atoms with van der Waals surface area (Å²) < 4.78 is 0. The van der Waals surface area contributed by atoms with Crippen molar-refractivity contribution in [2.24, 2.45) is 17.6 Å². The third kappa shape index (κ3) is 9.19. The minimum absolute atomic E-state index is 0.0363. The third-order valence-corrected chi connectivity index (χ3v) is 6.12. The Kier molecular flexibility index (Phi) is 11.3. The first-order valence-corrected chi connectivity index (χ1v) is 12.6. The molecule has 2 aromatic carbocycles. The van der Waals surface area contributed by atoms with Crippen LogP contribution in [-0.2, 0) is 32.0 Å². The van der Waals surface area contributed by atoms with Gasteiger partial charge in [-0.2, -0.15) is 0 Å². The van der Waals surface area contributed by atoms with E-state index in [0.717, 1.165) is 5.56 Å². The minimum atomic E-state index is -1.19. The number of rotatable bonds is 13. The average Bonchev–Trinajstić information content (AvgIpc) is 2.86. The molecule has 2 rings (SSSR count). The molecule has 0 saturated heterocycles. The van der Waals surface area contributed by atoms with Crippen LogP contribution in [0.4, 0.5) is 0 Å². The van der Waals surface area contributed by atoms with Crippen LogP contribution < -0.4 is 21.7 Å². The minimum Gasteiger partial charge on any atom is -0.508 e. The summed E-state index contributed by atoms with van der Waals surface area (Å²) in [6.45, 7) is 6.83. The molecule has 0 bridgehead atoms. The molecule has 0 aliphatic rings. The second-order valence-electron chi connectivity index (χ2n) is 10.0. The molecule has 0 spiro atoms. The number of hydrogen-bond acceptors (Lipinski definition) is 6. The SMILES string of the molecule is CC(C)C(NC(=O)C(Cc1ccc(O)cc1)NC(=O)C(NC(=O)C(N)Cc1ccccc1)C(C)C)C(=O)O. The molecule has 38 heavy (non-hydrogen) atoms. The molecule has 4 atom stereocenters. The van der Waals surface area contributed by atoms with Crippen LogP contribution in [0.5, 0.6) is 5.75 Å². The fourth-order valence-electron chi connectivity index (χ4n) is 3.86. The molecular formula is C28H38N4O6. The highest BCUT2D eigenvalue weighted by atomic mass is 16.4. The van der Waals surface area contributed by atoms with Gasteiger partial charge in [-0.15, -0.1) is 0 Å². The number of carboxylic acids is 1. The van der Waals surface area contributed by atoms with Crippen LogP contribution in [0, 0.1) is 11.8 Å². The smallest absolute Gasteiger partial charge is 0.326 e. The summed E-state index contributed by atoms with van der Waals surface area (Å²) in [5.41, 5.74) is 7.60. The van der Waals surface area contributed by atoms with Crippen molar-refractivity contribution in [3.63, 3.8) is 0 Å². The summed E-state index contributed by atoms with van der Waals surface area (Å²) in [4.78, 5) is 50.9. The number of aliphatic carboxylic acids is 1. The monoisotopic (exact) mass is 526 g/mol. The maximum atomic E-state index is 13.3. The summed E-state index contributed by atoms with van der Waals surface area (Å²) in [7, 11) is 0. The number of nitrogens with two attached hydrogens (primary N) is 1. The molecule has 0 aliphatic carbocycles. The predicted molar refractivity (Wildman–Crippen MR) is 143 cm³/mol. The highest BCUT2D eigenvalue weighted by Crippen LogP contribution is 2.13. The third-order valence-electron chi connectivity index (χ3n) is 6.12. The number of amides is 3. The number of benzene rings is 2. The highest BCUT2D eigenvalue weighted by Gasteiger charge is 2.32. The van der Waals surface area contributed by atoms with Gasteiger partial charge in [0.05, 0.1) is 6.04 Å². The lowest BCUT2D eigenvalue weighted by Gasteiger charge is -2.27. The first kappa shape index (κ1) is 30.3. The Labute approximate surface area is 223 Å². The van der Waals surface area contributed by atoms with Crippen LogP contribution in [0.3, 0.4) is 0 Å². The molecule has 3 amide bonds. The van der Waals surface area contributed by atoms with Gasteiger partial charge in [-0.25, -0.2) is 4.79 Å². The lowest BCUT2D eigenvalue weighted by Crippen LogP contribution is -2.59. The molecule has 10 nitrogen and oxygen atoms in total. The van der Waals surface area contributed by atoms with Crippen LogP contribution in [0.15, 0.2) is 54.6 Å². The maximum Gasteiger partial charge on any atom is 0.326 e. The van der Waals surface area contributed by atoms with Crippen molar-refractivity contribution in [2.45, 2.75) is 64.7 Å². The Morgan fingerprint density at radius 2 is 1.24 bits per heavy atom. The molecule has 0 radical (unpaired) electrons. The van der Waals surface area contributed by atoms with E-state index >= 15 is 0 Å². The number of carbonyl (C=O) groups excluding carboxylic acids is 3. The fourth-order valence-corrected chi connectivity index (χ4v) is 3.86. The van der Waals surface area contributed by atoms with E-state index in [1.54, 1.807) is 39.8 Å².